The normalized spacial score (nSPS) is 11.5. The molecule has 2 heterocycles. The zero-order valence-corrected chi connectivity index (χ0v) is 18.3. The summed E-state index contributed by atoms with van der Waals surface area (Å²) in [5, 5.41) is 31.0. The number of hydrogen-bond acceptors (Lipinski definition) is 10. The maximum atomic E-state index is 11.9. The molecule has 0 spiro atoms. The Hall–Kier alpha value is -3.73. The third kappa shape index (κ3) is 6.64. The molecule has 0 saturated carbocycles. The van der Waals surface area contributed by atoms with Crippen LogP contribution in [0.3, 0.4) is 0 Å². The molecule has 0 radical (unpaired) electrons. The molecule has 2 aromatic rings. The molecule has 0 atom stereocenters. The van der Waals surface area contributed by atoms with Crippen molar-refractivity contribution >= 4 is 23.2 Å². The Kier molecular flexibility index (Phi) is 9.09. The van der Waals surface area contributed by atoms with E-state index in [0.717, 1.165) is 12.1 Å². The Labute approximate surface area is 190 Å². The van der Waals surface area contributed by atoms with E-state index in [-0.39, 0.29) is 50.6 Å². The summed E-state index contributed by atoms with van der Waals surface area (Å²) in [5.74, 6) is -2.71. The second-order valence-electron chi connectivity index (χ2n) is 6.41. The van der Waals surface area contributed by atoms with Crippen LogP contribution in [0.5, 0.6) is 11.5 Å². The van der Waals surface area contributed by atoms with Crippen molar-refractivity contribution < 1.29 is 45.1 Å². The van der Waals surface area contributed by atoms with Crippen LogP contribution in [0.25, 0.3) is 0 Å². The van der Waals surface area contributed by atoms with Crippen LogP contribution in [-0.4, -0.2) is 23.2 Å². The van der Waals surface area contributed by atoms with Crippen LogP contribution in [0.15, 0.2) is 40.8 Å². The van der Waals surface area contributed by atoms with Gasteiger partial charge in [0, 0.05) is 0 Å². The topological polar surface area (TPSA) is 189 Å². The number of rotatable bonds is 6. The number of amides is 2. The average Bonchev–Trinajstić information content (AvgIpc) is 2.63. The summed E-state index contributed by atoms with van der Waals surface area (Å²) in [6.07, 6.45) is -0.715. The molecule has 0 unspecified atom stereocenters. The van der Waals surface area contributed by atoms with Crippen LogP contribution < -0.4 is 32.3 Å². The molecule has 2 amide bonds. The van der Waals surface area contributed by atoms with Gasteiger partial charge in [0.1, 0.15) is 17.9 Å². The molecule has 0 aliphatic heterocycles. The summed E-state index contributed by atoms with van der Waals surface area (Å²) in [5.41, 5.74) is 1.36. The van der Waals surface area contributed by atoms with Crippen molar-refractivity contribution in [2.45, 2.75) is 34.1 Å². The van der Waals surface area contributed by atoms with Crippen LogP contribution >= 0.6 is 0 Å². The van der Waals surface area contributed by atoms with Gasteiger partial charge < -0.3 is 19.0 Å². The van der Waals surface area contributed by atoms with Crippen LogP contribution in [0.4, 0.5) is 0 Å². The van der Waals surface area contributed by atoms with Crippen molar-refractivity contribution in [1.29, 1.82) is 0 Å². The molecule has 2 rings (SSSR count). The van der Waals surface area contributed by atoms with Gasteiger partial charge in [-0.25, -0.2) is 20.4 Å². The van der Waals surface area contributed by atoms with Gasteiger partial charge in [-0.2, -0.15) is 10.2 Å². The average molecular weight is 489 g/mol. The number of nitrogens with one attached hydrogen (secondary N) is 2. The standard InChI is InChI=1S/C19H20N4O8.Ni/c1-8-5-12(24)16(18(28)30-8)10(3)20-22-14(26)7-15(27)23-21-11(4)17-13(25)6-9(2)31-19(17)29;/h5-6,24-25H,7H2,1-4H3,(H,22,26)(H,23,27);/q;+2/p-2/b20-10-,21-11+;. The van der Waals surface area contributed by atoms with Crippen LogP contribution in [0.1, 0.15) is 42.9 Å². The molecule has 172 valence electrons. The van der Waals surface area contributed by atoms with Gasteiger partial charge in [0.05, 0.1) is 22.6 Å². The Balaban J connectivity index is 0.00000512. The minimum absolute atomic E-state index is 0. The van der Waals surface area contributed by atoms with Gasteiger partial charge in [-0.15, -0.1) is 0 Å². The Morgan fingerprint density at radius 1 is 0.844 bits per heavy atom. The summed E-state index contributed by atoms with van der Waals surface area (Å²) < 4.78 is 9.63. The van der Waals surface area contributed by atoms with E-state index in [4.69, 9.17) is 8.83 Å². The van der Waals surface area contributed by atoms with Crippen molar-refractivity contribution in [1.82, 2.24) is 10.9 Å². The van der Waals surface area contributed by atoms with Gasteiger partial charge in [0.25, 0.3) is 0 Å². The van der Waals surface area contributed by atoms with Gasteiger partial charge in [-0.1, -0.05) is 11.5 Å². The van der Waals surface area contributed by atoms with E-state index >= 15 is 0 Å². The van der Waals surface area contributed by atoms with E-state index in [1.807, 2.05) is 10.9 Å². The fourth-order valence-electron chi connectivity index (χ4n) is 2.45. The first-order chi connectivity index (χ1) is 14.5. The molecule has 0 aliphatic carbocycles. The Morgan fingerprint density at radius 3 is 1.50 bits per heavy atom. The summed E-state index contributed by atoms with van der Waals surface area (Å²) in [4.78, 5) is 47.2. The predicted octanol–water partition coefficient (Wildman–Crippen LogP) is -0.875. The summed E-state index contributed by atoms with van der Waals surface area (Å²) in [6.45, 7) is 5.50. The first-order valence-corrected chi connectivity index (χ1v) is 8.80. The van der Waals surface area contributed by atoms with E-state index in [1.54, 1.807) is 0 Å². The summed E-state index contributed by atoms with van der Waals surface area (Å²) in [6, 6.07) is 2.21. The van der Waals surface area contributed by atoms with Crippen molar-refractivity contribution in [3.05, 3.63) is 55.6 Å². The second-order valence-corrected chi connectivity index (χ2v) is 6.41. The smallest absolute Gasteiger partial charge is 0.872 e. The zero-order valence-electron chi connectivity index (χ0n) is 17.3. The molecule has 32 heavy (non-hydrogen) atoms. The fourth-order valence-corrected chi connectivity index (χ4v) is 2.45. The van der Waals surface area contributed by atoms with E-state index in [1.165, 1.54) is 27.7 Å². The first kappa shape index (κ1) is 26.3. The molecule has 2 N–H and O–H groups in total. The van der Waals surface area contributed by atoms with E-state index in [9.17, 15) is 29.4 Å². The summed E-state index contributed by atoms with van der Waals surface area (Å²) >= 11 is 0. The second kappa shape index (κ2) is 11.1. The number of nitrogens with zero attached hydrogens (tertiary/aromatic N) is 2. The van der Waals surface area contributed by atoms with Crippen molar-refractivity contribution in [3.63, 3.8) is 0 Å². The van der Waals surface area contributed by atoms with Gasteiger partial charge >= 0.3 is 27.7 Å². The van der Waals surface area contributed by atoms with Gasteiger partial charge in [-0.3, -0.25) is 9.59 Å². The molecule has 2 aromatic heterocycles. The molecule has 0 aliphatic rings. The third-order valence-corrected chi connectivity index (χ3v) is 3.82. The molecule has 0 fully saturated rings. The van der Waals surface area contributed by atoms with Crippen molar-refractivity contribution in [3.8, 4) is 11.5 Å². The maximum absolute atomic E-state index is 11.9. The first-order valence-electron chi connectivity index (χ1n) is 8.80. The van der Waals surface area contributed by atoms with Crippen LogP contribution in [0.2, 0.25) is 0 Å². The van der Waals surface area contributed by atoms with E-state index < -0.39 is 41.0 Å². The SMILES string of the molecule is C/C(=N/NC(=O)CC(=O)N/N=C(\C)c1c([O-])cc(C)oc1=O)c1c([O-])cc(C)oc1=O.[Ni+2]. The molecular weight excluding hydrogens is 471 g/mol. The van der Waals surface area contributed by atoms with Crippen LogP contribution in [-0.2, 0) is 26.1 Å². The van der Waals surface area contributed by atoms with Gasteiger partial charge in [0.2, 0.25) is 11.8 Å². The van der Waals surface area contributed by atoms with Gasteiger partial charge in [-0.05, 0) is 39.8 Å². The monoisotopic (exact) mass is 488 g/mol. The molecule has 13 heteroatoms. The molecule has 0 saturated heterocycles. The number of carbonyl (C=O) groups is 2. The number of aryl methyl sites for hydroxylation is 2. The van der Waals surface area contributed by atoms with E-state index in [0.29, 0.717) is 0 Å². The quantitative estimate of drug-likeness (QED) is 0.227. The minimum Gasteiger partial charge on any atom is -0.872 e. The number of hydrazone groups is 2. The van der Waals surface area contributed by atoms with Crippen molar-refractivity contribution in [2.24, 2.45) is 10.2 Å². The number of carbonyl (C=O) groups excluding carboxylic acids is 2. The van der Waals surface area contributed by atoms with E-state index in [2.05, 4.69) is 10.2 Å². The Morgan fingerprint density at radius 2 is 1.19 bits per heavy atom. The van der Waals surface area contributed by atoms with Crippen molar-refractivity contribution in [2.75, 3.05) is 0 Å². The molecule has 0 aromatic carbocycles. The maximum Gasteiger partial charge on any atom is 2.00 e. The zero-order chi connectivity index (χ0) is 23.3. The predicted molar refractivity (Wildman–Crippen MR) is 104 cm³/mol. The number of hydrogen-bond donors (Lipinski definition) is 2. The fraction of sp³-hybridized carbons (Fsp3) is 0.263. The molecular formula is C19H18N4NiO8. The Bertz CT molecular complexity index is 1120. The van der Waals surface area contributed by atoms with Crippen LogP contribution in [0, 0.1) is 13.8 Å². The summed E-state index contributed by atoms with van der Waals surface area (Å²) in [7, 11) is 0. The van der Waals surface area contributed by atoms with Gasteiger partial charge in [0.15, 0.2) is 0 Å². The molecule has 12 nitrogen and oxygen atoms in total. The minimum atomic E-state index is -0.902. The molecule has 0 bridgehead atoms. The largest absolute Gasteiger partial charge is 2.00 e. The third-order valence-electron chi connectivity index (χ3n) is 3.82.